The fraction of sp³-hybridized carbons (Fsp3) is 0.154. The number of rotatable bonds is 2. The molecular formula is C13H13N3O. The Bertz CT molecular complexity index is 688. The summed E-state index contributed by atoms with van der Waals surface area (Å²) in [5.74, 6) is 0.262. The van der Waals surface area contributed by atoms with Crippen LogP contribution in [0, 0.1) is 0 Å². The molecule has 0 unspecified atom stereocenters. The maximum absolute atomic E-state index is 9.93. The van der Waals surface area contributed by atoms with E-state index in [1.807, 2.05) is 35.0 Å². The molecule has 3 aromatic rings. The second kappa shape index (κ2) is 3.75. The van der Waals surface area contributed by atoms with Crippen molar-refractivity contribution in [3.63, 3.8) is 0 Å². The van der Waals surface area contributed by atoms with Gasteiger partial charge in [0.05, 0.1) is 11.1 Å². The molecule has 17 heavy (non-hydrogen) atoms. The molecule has 2 aromatic heterocycles. The maximum atomic E-state index is 9.93. The summed E-state index contributed by atoms with van der Waals surface area (Å²) in [6.07, 6.45) is 4.65. The zero-order valence-electron chi connectivity index (χ0n) is 9.30. The first-order valence-electron chi connectivity index (χ1n) is 5.58. The summed E-state index contributed by atoms with van der Waals surface area (Å²) in [7, 11) is 0. The number of nitrogens with zero attached hydrogens (tertiary/aromatic N) is 2. The van der Waals surface area contributed by atoms with Gasteiger partial charge in [-0.2, -0.15) is 0 Å². The average molecular weight is 227 g/mol. The van der Waals surface area contributed by atoms with E-state index in [9.17, 15) is 5.11 Å². The maximum Gasteiger partial charge on any atom is 0.148 e. The van der Waals surface area contributed by atoms with Crippen molar-refractivity contribution >= 4 is 16.4 Å². The lowest BCUT2D eigenvalue weighted by Crippen LogP contribution is -2.02. The number of hydrogen-bond donors (Lipinski definition) is 2. The van der Waals surface area contributed by atoms with Crippen LogP contribution in [0.2, 0.25) is 0 Å². The molecule has 0 saturated heterocycles. The predicted octanol–water partition coefficient (Wildman–Crippen LogP) is 1.69. The first-order chi connectivity index (χ1) is 8.29. The van der Waals surface area contributed by atoms with Gasteiger partial charge in [-0.1, -0.05) is 12.1 Å². The summed E-state index contributed by atoms with van der Waals surface area (Å²) >= 11 is 0. The minimum Gasteiger partial charge on any atom is -0.507 e. The van der Waals surface area contributed by atoms with Crippen LogP contribution in [0.4, 0.5) is 0 Å². The largest absolute Gasteiger partial charge is 0.507 e. The number of hydrogen-bond acceptors (Lipinski definition) is 3. The van der Waals surface area contributed by atoms with Gasteiger partial charge in [-0.15, -0.1) is 0 Å². The van der Waals surface area contributed by atoms with Gasteiger partial charge in [0, 0.05) is 18.8 Å². The minimum absolute atomic E-state index is 0.262. The van der Waals surface area contributed by atoms with Crippen LogP contribution in [-0.2, 0) is 6.42 Å². The lowest BCUT2D eigenvalue weighted by Gasteiger charge is -2.02. The van der Waals surface area contributed by atoms with Crippen molar-refractivity contribution in [1.82, 2.24) is 9.38 Å². The van der Waals surface area contributed by atoms with Crippen LogP contribution >= 0.6 is 0 Å². The Morgan fingerprint density at radius 2 is 2.18 bits per heavy atom. The fourth-order valence-electron chi connectivity index (χ4n) is 2.11. The molecule has 2 heterocycles. The third-order valence-corrected chi connectivity index (χ3v) is 2.90. The van der Waals surface area contributed by atoms with E-state index in [-0.39, 0.29) is 5.75 Å². The standard InChI is InChI=1S/C13H13N3O/c14-6-4-10-8-16-7-5-9-2-1-3-11(17)12(9)13(16)15-10/h1-3,5,7-8,17H,4,6,14H2. The van der Waals surface area contributed by atoms with Crippen molar-refractivity contribution in [3.05, 3.63) is 42.4 Å². The normalized spacial score (nSPS) is 11.4. The topological polar surface area (TPSA) is 63.5 Å². The van der Waals surface area contributed by atoms with E-state index in [0.29, 0.717) is 6.54 Å². The zero-order chi connectivity index (χ0) is 11.8. The fourth-order valence-corrected chi connectivity index (χ4v) is 2.11. The highest BCUT2D eigenvalue weighted by molar-refractivity contribution is 5.98. The van der Waals surface area contributed by atoms with Crippen molar-refractivity contribution in [2.24, 2.45) is 5.73 Å². The Kier molecular flexibility index (Phi) is 2.23. The van der Waals surface area contributed by atoms with E-state index in [4.69, 9.17) is 5.73 Å². The van der Waals surface area contributed by atoms with Crippen molar-refractivity contribution in [3.8, 4) is 5.75 Å². The Morgan fingerprint density at radius 1 is 1.29 bits per heavy atom. The number of phenols is 1. The third kappa shape index (κ3) is 1.54. The minimum atomic E-state index is 0.262. The van der Waals surface area contributed by atoms with Crippen LogP contribution in [0.25, 0.3) is 16.4 Å². The Balaban J connectivity index is 2.37. The van der Waals surface area contributed by atoms with Crippen molar-refractivity contribution < 1.29 is 5.11 Å². The molecule has 0 amide bonds. The Hall–Kier alpha value is -2.07. The Morgan fingerprint density at radius 3 is 3.00 bits per heavy atom. The van der Waals surface area contributed by atoms with Crippen molar-refractivity contribution in [2.45, 2.75) is 6.42 Å². The van der Waals surface area contributed by atoms with E-state index in [1.165, 1.54) is 0 Å². The highest BCUT2D eigenvalue weighted by atomic mass is 16.3. The molecule has 3 N–H and O–H groups in total. The zero-order valence-corrected chi connectivity index (χ0v) is 9.30. The van der Waals surface area contributed by atoms with Gasteiger partial charge in [-0.05, 0) is 24.1 Å². The molecule has 1 aromatic carbocycles. The first kappa shape index (κ1) is 10.1. The first-order valence-corrected chi connectivity index (χ1v) is 5.58. The van der Waals surface area contributed by atoms with Crippen LogP contribution in [0.3, 0.4) is 0 Å². The molecule has 4 heteroatoms. The molecule has 86 valence electrons. The number of aromatic hydroxyl groups is 1. The highest BCUT2D eigenvalue weighted by Crippen LogP contribution is 2.28. The van der Waals surface area contributed by atoms with Gasteiger partial charge in [-0.25, -0.2) is 4.98 Å². The SMILES string of the molecule is NCCc1cn2ccc3cccc(O)c3c2n1. The average Bonchev–Trinajstić information content (AvgIpc) is 2.72. The van der Waals surface area contributed by atoms with Gasteiger partial charge < -0.3 is 15.2 Å². The summed E-state index contributed by atoms with van der Waals surface area (Å²) in [6, 6.07) is 7.44. The molecule has 0 aliphatic heterocycles. The lowest BCUT2D eigenvalue weighted by atomic mass is 10.1. The molecule has 0 saturated carbocycles. The van der Waals surface area contributed by atoms with Crippen LogP contribution < -0.4 is 5.73 Å². The number of pyridine rings is 1. The summed E-state index contributed by atoms with van der Waals surface area (Å²) in [6.45, 7) is 0.577. The second-order valence-corrected chi connectivity index (χ2v) is 4.06. The molecule has 0 aliphatic rings. The molecule has 0 atom stereocenters. The van der Waals surface area contributed by atoms with Crippen molar-refractivity contribution in [1.29, 1.82) is 0 Å². The molecule has 0 aliphatic carbocycles. The smallest absolute Gasteiger partial charge is 0.148 e. The van der Waals surface area contributed by atoms with Gasteiger partial charge >= 0.3 is 0 Å². The second-order valence-electron chi connectivity index (χ2n) is 4.06. The van der Waals surface area contributed by atoms with E-state index in [2.05, 4.69) is 4.98 Å². The molecule has 3 rings (SSSR count). The third-order valence-electron chi connectivity index (χ3n) is 2.90. The van der Waals surface area contributed by atoms with E-state index >= 15 is 0 Å². The lowest BCUT2D eigenvalue weighted by molar-refractivity contribution is 0.482. The summed E-state index contributed by atoms with van der Waals surface area (Å²) in [5.41, 5.74) is 7.26. The number of fused-ring (bicyclic) bond motifs is 3. The summed E-state index contributed by atoms with van der Waals surface area (Å²) in [5, 5.41) is 11.7. The number of aromatic nitrogens is 2. The van der Waals surface area contributed by atoms with Crippen molar-refractivity contribution in [2.75, 3.05) is 6.54 Å². The molecule has 4 nitrogen and oxygen atoms in total. The highest BCUT2D eigenvalue weighted by Gasteiger charge is 2.08. The van der Waals surface area contributed by atoms with E-state index in [0.717, 1.165) is 28.5 Å². The Labute approximate surface area is 98.3 Å². The number of nitrogens with two attached hydrogens (primary N) is 1. The molecule has 0 spiro atoms. The van der Waals surface area contributed by atoms with Crippen LogP contribution in [-0.4, -0.2) is 21.0 Å². The van der Waals surface area contributed by atoms with Crippen LogP contribution in [0.15, 0.2) is 36.7 Å². The number of imidazole rings is 1. The molecule has 0 bridgehead atoms. The molecular weight excluding hydrogens is 214 g/mol. The quantitative estimate of drug-likeness (QED) is 0.700. The van der Waals surface area contributed by atoms with Crippen LogP contribution in [0.1, 0.15) is 5.69 Å². The van der Waals surface area contributed by atoms with Gasteiger partial charge in [0.15, 0.2) is 0 Å². The summed E-state index contributed by atoms with van der Waals surface area (Å²) in [4.78, 5) is 4.51. The van der Waals surface area contributed by atoms with Gasteiger partial charge in [-0.3, -0.25) is 0 Å². The van der Waals surface area contributed by atoms with E-state index in [1.54, 1.807) is 6.07 Å². The van der Waals surface area contributed by atoms with Gasteiger partial charge in [0.25, 0.3) is 0 Å². The van der Waals surface area contributed by atoms with Gasteiger partial charge in [0.1, 0.15) is 11.4 Å². The molecule has 0 fully saturated rings. The van der Waals surface area contributed by atoms with Crippen LogP contribution in [0.5, 0.6) is 5.75 Å². The number of phenolic OH excluding ortho intramolecular Hbond substituents is 1. The monoisotopic (exact) mass is 227 g/mol. The predicted molar refractivity (Wildman–Crippen MR) is 67.1 cm³/mol. The van der Waals surface area contributed by atoms with Gasteiger partial charge in [0.2, 0.25) is 0 Å². The number of benzene rings is 1. The van der Waals surface area contributed by atoms with E-state index < -0.39 is 0 Å². The molecule has 0 radical (unpaired) electrons. The summed E-state index contributed by atoms with van der Waals surface area (Å²) < 4.78 is 1.92.